The molecule has 0 saturated heterocycles. The van der Waals surface area contributed by atoms with E-state index < -0.39 is 0 Å². The molecular formula is C16H19N3O. The molecule has 0 bridgehead atoms. The van der Waals surface area contributed by atoms with E-state index in [0.717, 1.165) is 16.8 Å². The molecule has 4 heteroatoms. The lowest BCUT2D eigenvalue weighted by Gasteiger charge is -2.10. The van der Waals surface area contributed by atoms with Gasteiger partial charge in [-0.25, -0.2) is 0 Å². The van der Waals surface area contributed by atoms with E-state index in [4.69, 9.17) is 0 Å². The Balaban J connectivity index is 1.82. The lowest BCUT2D eigenvalue weighted by atomic mass is 10.1. The van der Waals surface area contributed by atoms with Gasteiger partial charge in [-0.05, 0) is 48.7 Å². The number of rotatable bonds is 5. The van der Waals surface area contributed by atoms with Gasteiger partial charge < -0.3 is 10.6 Å². The highest BCUT2D eigenvalue weighted by Crippen LogP contribution is 2.17. The zero-order valence-electron chi connectivity index (χ0n) is 11.8. The van der Waals surface area contributed by atoms with E-state index in [1.165, 1.54) is 5.56 Å². The molecule has 0 fully saturated rings. The van der Waals surface area contributed by atoms with E-state index in [0.29, 0.717) is 6.54 Å². The Morgan fingerprint density at radius 2 is 1.90 bits per heavy atom. The van der Waals surface area contributed by atoms with E-state index in [9.17, 15) is 4.79 Å². The maximum Gasteiger partial charge on any atom is 0.238 e. The van der Waals surface area contributed by atoms with Crippen LogP contribution < -0.4 is 10.6 Å². The fourth-order valence-electron chi connectivity index (χ4n) is 1.90. The third-order valence-electron chi connectivity index (χ3n) is 3.24. The minimum absolute atomic E-state index is 0.0345. The Labute approximate surface area is 119 Å². The van der Waals surface area contributed by atoms with Crippen molar-refractivity contribution in [3.05, 3.63) is 59.4 Å². The van der Waals surface area contributed by atoms with Gasteiger partial charge in [-0.1, -0.05) is 12.1 Å². The number of carbonyl (C=O) groups excluding carboxylic acids is 1. The molecule has 0 aliphatic rings. The lowest BCUT2D eigenvalue weighted by molar-refractivity contribution is -0.115. The van der Waals surface area contributed by atoms with Crippen LogP contribution in [0.2, 0.25) is 0 Å². The molecular weight excluding hydrogens is 250 g/mol. The van der Waals surface area contributed by atoms with E-state index in [-0.39, 0.29) is 12.5 Å². The van der Waals surface area contributed by atoms with Gasteiger partial charge in [0.25, 0.3) is 0 Å². The van der Waals surface area contributed by atoms with Gasteiger partial charge in [-0.3, -0.25) is 9.78 Å². The van der Waals surface area contributed by atoms with Gasteiger partial charge in [-0.2, -0.15) is 0 Å². The molecule has 2 N–H and O–H groups in total. The molecule has 0 aliphatic heterocycles. The minimum Gasteiger partial charge on any atom is -0.325 e. The molecule has 0 saturated carbocycles. The van der Waals surface area contributed by atoms with Crippen LogP contribution in [0.3, 0.4) is 0 Å². The Kier molecular flexibility index (Phi) is 4.85. The van der Waals surface area contributed by atoms with E-state index in [2.05, 4.69) is 15.6 Å². The van der Waals surface area contributed by atoms with Crippen LogP contribution in [-0.2, 0) is 11.3 Å². The van der Waals surface area contributed by atoms with Gasteiger partial charge in [0.2, 0.25) is 5.91 Å². The standard InChI is InChI=1S/C16H19N3O/c1-12-4-3-5-15(13(12)2)19-16(20)11-18-10-14-6-8-17-9-7-14/h3-9,18H,10-11H2,1-2H3,(H,19,20). The van der Waals surface area contributed by atoms with Crippen LogP contribution in [0, 0.1) is 13.8 Å². The first kappa shape index (κ1) is 14.2. The summed E-state index contributed by atoms with van der Waals surface area (Å²) < 4.78 is 0. The third kappa shape index (κ3) is 3.90. The maximum atomic E-state index is 11.9. The quantitative estimate of drug-likeness (QED) is 0.876. The summed E-state index contributed by atoms with van der Waals surface area (Å²) >= 11 is 0. The van der Waals surface area contributed by atoms with Gasteiger partial charge in [0, 0.05) is 24.6 Å². The maximum absolute atomic E-state index is 11.9. The Morgan fingerprint density at radius 1 is 1.15 bits per heavy atom. The number of pyridine rings is 1. The molecule has 0 unspecified atom stereocenters. The molecule has 1 aromatic heterocycles. The van der Waals surface area contributed by atoms with Gasteiger partial charge in [0.05, 0.1) is 6.54 Å². The van der Waals surface area contributed by atoms with Crippen molar-refractivity contribution in [3.63, 3.8) is 0 Å². The average Bonchev–Trinajstić information content (AvgIpc) is 2.45. The number of aryl methyl sites for hydroxylation is 1. The van der Waals surface area contributed by atoms with Crippen molar-refractivity contribution in [2.75, 3.05) is 11.9 Å². The topological polar surface area (TPSA) is 54.0 Å². The highest BCUT2D eigenvalue weighted by Gasteiger charge is 2.05. The van der Waals surface area contributed by atoms with E-state index in [1.54, 1.807) is 12.4 Å². The largest absolute Gasteiger partial charge is 0.325 e. The first-order valence-corrected chi connectivity index (χ1v) is 6.62. The number of nitrogens with zero attached hydrogens (tertiary/aromatic N) is 1. The molecule has 0 aliphatic carbocycles. The highest BCUT2D eigenvalue weighted by molar-refractivity contribution is 5.93. The predicted molar refractivity (Wildman–Crippen MR) is 80.5 cm³/mol. The molecule has 0 radical (unpaired) electrons. The molecule has 0 spiro atoms. The fourth-order valence-corrected chi connectivity index (χ4v) is 1.90. The number of hydrogen-bond acceptors (Lipinski definition) is 3. The molecule has 20 heavy (non-hydrogen) atoms. The van der Waals surface area contributed by atoms with Crippen LogP contribution in [0.25, 0.3) is 0 Å². The van der Waals surface area contributed by atoms with Crippen molar-refractivity contribution < 1.29 is 4.79 Å². The SMILES string of the molecule is Cc1cccc(NC(=O)CNCc2ccncc2)c1C. The second kappa shape index (κ2) is 6.82. The molecule has 4 nitrogen and oxygen atoms in total. The number of amides is 1. The van der Waals surface area contributed by atoms with E-state index in [1.807, 2.05) is 44.2 Å². The first-order chi connectivity index (χ1) is 9.66. The summed E-state index contributed by atoms with van der Waals surface area (Å²) in [5.74, 6) is -0.0345. The minimum atomic E-state index is -0.0345. The monoisotopic (exact) mass is 269 g/mol. The van der Waals surface area contributed by atoms with Crippen LogP contribution in [0.5, 0.6) is 0 Å². The number of hydrogen-bond donors (Lipinski definition) is 2. The number of benzene rings is 1. The van der Waals surface area contributed by atoms with Gasteiger partial charge in [0.1, 0.15) is 0 Å². The summed E-state index contributed by atoms with van der Waals surface area (Å²) in [5.41, 5.74) is 4.27. The zero-order valence-corrected chi connectivity index (χ0v) is 11.8. The van der Waals surface area contributed by atoms with Gasteiger partial charge in [-0.15, -0.1) is 0 Å². The van der Waals surface area contributed by atoms with E-state index >= 15 is 0 Å². The third-order valence-corrected chi connectivity index (χ3v) is 3.24. The second-order valence-corrected chi connectivity index (χ2v) is 4.75. The van der Waals surface area contributed by atoms with Crippen LogP contribution in [0.1, 0.15) is 16.7 Å². The number of nitrogens with one attached hydrogen (secondary N) is 2. The van der Waals surface area contributed by atoms with Gasteiger partial charge >= 0.3 is 0 Å². The summed E-state index contributed by atoms with van der Waals surface area (Å²) in [6.07, 6.45) is 3.49. The number of carbonyl (C=O) groups is 1. The number of anilines is 1. The lowest BCUT2D eigenvalue weighted by Crippen LogP contribution is -2.28. The molecule has 1 heterocycles. The first-order valence-electron chi connectivity index (χ1n) is 6.62. The van der Waals surface area contributed by atoms with Crippen LogP contribution in [-0.4, -0.2) is 17.4 Å². The molecule has 0 atom stereocenters. The molecule has 1 amide bonds. The van der Waals surface area contributed by atoms with Crippen molar-refractivity contribution in [3.8, 4) is 0 Å². The molecule has 2 aromatic rings. The Morgan fingerprint density at radius 3 is 2.65 bits per heavy atom. The molecule has 2 rings (SSSR count). The summed E-state index contributed by atoms with van der Waals surface area (Å²) in [6, 6.07) is 9.75. The second-order valence-electron chi connectivity index (χ2n) is 4.75. The highest BCUT2D eigenvalue weighted by atomic mass is 16.1. The van der Waals surface area contributed by atoms with Crippen LogP contribution in [0.4, 0.5) is 5.69 Å². The van der Waals surface area contributed by atoms with Crippen molar-refractivity contribution in [1.82, 2.24) is 10.3 Å². The smallest absolute Gasteiger partial charge is 0.238 e. The summed E-state index contributed by atoms with van der Waals surface area (Å²) in [4.78, 5) is 15.8. The molecule has 1 aromatic carbocycles. The van der Waals surface area contributed by atoms with Crippen LogP contribution >= 0.6 is 0 Å². The summed E-state index contributed by atoms with van der Waals surface area (Å²) in [7, 11) is 0. The Hall–Kier alpha value is -2.20. The summed E-state index contributed by atoms with van der Waals surface area (Å²) in [6.45, 7) is 4.99. The molecule has 104 valence electrons. The average molecular weight is 269 g/mol. The predicted octanol–water partition coefficient (Wildman–Crippen LogP) is 2.43. The Bertz CT molecular complexity index is 582. The van der Waals surface area contributed by atoms with Crippen molar-refractivity contribution in [1.29, 1.82) is 0 Å². The number of aromatic nitrogens is 1. The van der Waals surface area contributed by atoms with Crippen molar-refractivity contribution in [2.24, 2.45) is 0 Å². The normalized spacial score (nSPS) is 10.3. The van der Waals surface area contributed by atoms with Crippen LogP contribution in [0.15, 0.2) is 42.7 Å². The van der Waals surface area contributed by atoms with Gasteiger partial charge in [0.15, 0.2) is 0 Å². The zero-order chi connectivity index (χ0) is 14.4. The van der Waals surface area contributed by atoms with Crippen molar-refractivity contribution >= 4 is 11.6 Å². The van der Waals surface area contributed by atoms with Crippen molar-refractivity contribution in [2.45, 2.75) is 20.4 Å². The fraction of sp³-hybridized carbons (Fsp3) is 0.250. The summed E-state index contributed by atoms with van der Waals surface area (Å²) in [5, 5.41) is 6.04.